The van der Waals surface area contributed by atoms with E-state index in [0.717, 1.165) is 50.9 Å². The summed E-state index contributed by atoms with van der Waals surface area (Å²) in [5, 5.41) is 0. The minimum Gasteiger partial charge on any atom is -0.379 e. The first-order chi connectivity index (χ1) is 8.75. The van der Waals surface area contributed by atoms with Gasteiger partial charge in [0.2, 0.25) is 0 Å². The van der Waals surface area contributed by atoms with Gasteiger partial charge in [0.15, 0.2) is 0 Å². The lowest BCUT2D eigenvalue weighted by molar-refractivity contribution is 0.0104. The Labute approximate surface area is 108 Å². The van der Waals surface area contributed by atoms with Crippen molar-refractivity contribution in [3.8, 4) is 0 Å². The van der Waals surface area contributed by atoms with Crippen molar-refractivity contribution in [2.75, 3.05) is 44.3 Å². The monoisotopic (exact) mass is 248 g/mol. The van der Waals surface area contributed by atoms with Gasteiger partial charge in [0.05, 0.1) is 13.2 Å². The van der Waals surface area contributed by atoms with Crippen LogP contribution in [0.25, 0.3) is 0 Å². The van der Waals surface area contributed by atoms with Gasteiger partial charge in [-0.1, -0.05) is 0 Å². The number of nitrogens with zero attached hydrogens (tertiary/aromatic N) is 4. The Bertz CT molecular complexity index is 425. The smallest absolute Gasteiger partial charge is 0.135 e. The Hall–Kier alpha value is -1.20. The number of aromatic nitrogens is 2. The molecule has 5 nitrogen and oxygen atoms in total. The van der Waals surface area contributed by atoms with E-state index >= 15 is 0 Å². The molecule has 0 atom stereocenters. The SMILES string of the molecule is Cc1ncnc(N2CC(N3CCOCC3)C2)c1C. The van der Waals surface area contributed by atoms with E-state index in [9.17, 15) is 0 Å². The van der Waals surface area contributed by atoms with E-state index in [0.29, 0.717) is 6.04 Å². The van der Waals surface area contributed by atoms with Crippen molar-refractivity contribution in [1.82, 2.24) is 14.9 Å². The van der Waals surface area contributed by atoms with E-state index in [1.807, 2.05) is 6.92 Å². The summed E-state index contributed by atoms with van der Waals surface area (Å²) in [6.45, 7) is 10.2. The Morgan fingerprint density at radius 1 is 1.17 bits per heavy atom. The number of rotatable bonds is 2. The molecule has 0 saturated carbocycles. The van der Waals surface area contributed by atoms with Gasteiger partial charge in [0.25, 0.3) is 0 Å². The Kier molecular flexibility index (Phi) is 3.18. The highest BCUT2D eigenvalue weighted by molar-refractivity contribution is 5.50. The molecule has 98 valence electrons. The van der Waals surface area contributed by atoms with Crippen LogP contribution in [-0.4, -0.2) is 60.3 Å². The summed E-state index contributed by atoms with van der Waals surface area (Å²) in [5.74, 6) is 1.10. The molecule has 5 heteroatoms. The largest absolute Gasteiger partial charge is 0.379 e. The van der Waals surface area contributed by atoms with E-state index in [2.05, 4.69) is 26.7 Å². The van der Waals surface area contributed by atoms with Gasteiger partial charge in [0, 0.05) is 43.5 Å². The Morgan fingerprint density at radius 2 is 1.89 bits per heavy atom. The quantitative estimate of drug-likeness (QED) is 0.767. The normalized spacial score (nSPS) is 22.0. The molecule has 0 unspecified atom stereocenters. The molecule has 1 aromatic heterocycles. The fourth-order valence-corrected chi connectivity index (χ4v) is 2.65. The third-order valence-electron chi connectivity index (χ3n) is 4.03. The first-order valence-electron chi connectivity index (χ1n) is 6.60. The summed E-state index contributed by atoms with van der Waals surface area (Å²) in [5.41, 5.74) is 2.28. The second-order valence-corrected chi connectivity index (χ2v) is 5.11. The van der Waals surface area contributed by atoms with Crippen molar-refractivity contribution in [2.45, 2.75) is 19.9 Å². The van der Waals surface area contributed by atoms with Gasteiger partial charge >= 0.3 is 0 Å². The van der Waals surface area contributed by atoms with Crippen molar-refractivity contribution >= 4 is 5.82 Å². The highest BCUT2D eigenvalue weighted by Gasteiger charge is 2.34. The molecule has 0 aromatic carbocycles. The Morgan fingerprint density at radius 3 is 2.61 bits per heavy atom. The zero-order valence-corrected chi connectivity index (χ0v) is 11.1. The molecule has 0 spiro atoms. The highest BCUT2D eigenvalue weighted by atomic mass is 16.5. The van der Waals surface area contributed by atoms with Gasteiger partial charge in [0.1, 0.15) is 12.1 Å². The van der Waals surface area contributed by atoms with Gasteiger partial charge in [-0.25, -0.2) is 9.97 Å². The summed E-state index contributed by atoms with van der Waals surface area (Å²) in [6, 6.07) is 0.670. The van der Waals surface area contributed by atoms with E-state index in [1.54, 1.807) is 6.33 Å². The van der Waals surface area contributed by atoms with Crippen LogP contribution in [0.5, 0.6) is 0 Å². The third kappa shape index (κ3) is 2.08. The summed E-state index contributed by atoms with van der Waals surface area (Å²) < 4.78 is 5.39. The molecule has 0 radical (unpaired) electrons. The molecular weight excluding hydrogens is 228 g/mol. The molecule has 2 saturated heterocycles. The lowest BCUT2D eigenvalue weighted by Gasteiger charge is -2.47. The minimum atomic E-state index is 0.670. The zero-order chi connectivity index (χ0) is 12.5. The van der Waals surface area contributed by atoms with Crippen LogP contribution in [0.2, 0.25) is 0 Å². The van der Waals surface area contributed by atoms with Crippen LogP contribution in [0.4, 0.5) is 5.82 Å². The predicted molar refractivity (Wildman–Crippen MR) is 69.9 cm³/mol. The first-order valence-corrected chi connectivity index (χ1v) is 6.60. The minimum absolute atomic E-state index is 0.670. The first kappa shape index (κ1) is 11.9. The summed E-state index contributed by atoms with van der Waals surface area (Å²) in [6.07, 6.45) is 1.67. The lowest BCUT2D eigenvalue weighted by Crippen LogP contribution is -2.62. The van der Waals surface area contributed by atoms with Gasteiger partial charge in [-0.15, -0.1) is 0 Å². The summed E-state index contributed by atoms with van der Waals surface area (Å²) >= 11 is 0. The number of anilines is 1. The molecule has 0 bridgehead atoms. The number of aryl methyl sites for hydroxylation is 1. The molecule has 3 heterocycles. The molecule has 2 fully saturated rings. The fourth-order valence-electron chi connectivity index (χ4n) is 2.65. The van der Waals surface area contributed by atoms with Gasteiger partial charge < -0.3 is 9.64 Å². The molecular formula is C13H20N4O. The number of ether oxygens (including phenoxy) is 1. The van der Waals surface area contributed by atoms with E-state index in [-0.39, 0.29) is 0 Å². The van der Waals surface area contributed by atoms with Crippen LogP contribution < -0.4 is 4.90 Å². The van der Waals surface area contributed by atoms with Crippen LogP contribution in [0, 0.1) is 13.8 Å². The zero-order valence-electron chi connectivity index (χ0n) is 11.1. The average Bonchev–Trinajstić information content (AvgIpc) is 2.34. The van der Waals surface area contributed by atoms with Crippen molar-refractivity contribution in [2.24, 2.45) is 0 Å². The second-order valence-electron chi connectivity index (χ2n) is 5.11. The molecule has 0 N–H and O–H groups in total. The lowest BCUT2D eigenvalue weighted by atomic mass is 10.1. The summed E-state index contributed by atoms with van der Waals surface area (Å²) in [4.78, 5) is 13.5. The summed E-state index contributed by atoms with van der Waals surface area (Å²) in [7, 11) is 0. The van der Waals surface area contributed by atoms with Gasteiger partial charge in [-0.3, -0.25) is 4.90 Å². The fraction of sp³-hybridized carbons (Fsp3) is 0.692. The molecule has 2 aliphatic rings. The number of morpholine rings is 1. The van der Waals surface area contributed by atoms with Crippen LogP contribution in [0.3, 0.4) is 0 Å². The van der Waals surface area contributed by atoms with E-state index in [1.165, 1.54) is 5.56 Å². The van der Waals surface area contributed by atoms with Crippen LogP contribution in [0.1, 0.15) is 11.3 Å². The number of hydrogen-bond acceptors (Lipinski definition) is 5. The topological polar surface area (TPSA) is 41.5 Å². The van der Waals surface area contributed by atoms with Crippen LogP contribution in [-0.2, 0) is 4.74 Å². The molecule has 0 amide bonds. The van der Waals surface area contributed by atoms with Crippen molar-refractivity contribution in [3.05, 3.63) is 17.6 Å². The standard InChI is InChI=1S/C13H20N4O/c1-10-11(2)14-9-15-13(10)17-7-12(8-17)16-3-5-18-6-4-16/h9,12H,3-8H2,1-2H3. The van der Waals surface area contributed by atoms with Crippen molar-refractivity contribution in [1.29, 1.82) is 0 Å². The average molecular weight is 248 g/mol. The maximum Gasteiger partial charge on any atom is 0.135 e. The van der Waals surface area contributed by atoms with Crippen LogP contribution in [0.15, 0.2) is 6.33 Å². The molecule has 0 aliphatic carbocycles. The van der Waals surface area contributed by atoms with E-state index in [4.69, 9.17) is 4.74 Å². The van der Waals surface area contributed by atoms with Crippen LogP contribution >= 0.6 is 0 Å². The Balaban J connectivity index is 1.63. The third-order valence-corrected chi connectivity index (χ3v) is 4.03. The molecule has 1 aromatic rings. The molecule has 18 heavy (non-hydrogen) atoms. The van der Waals surface area contributed by atoms with Crippen molar-refractivity contribution < 1.29 is 4.74 Å². The number of hydrogen-bond donors (Lipinski definition) is 0. The second kappa shape index (κ2) is 4.82. The van der Waals surface area contributed by atoms with Gasteiger partial charge in [-0.05, 0) is 13.8 Å². The molecule has 3 rings (SSSR count). The van der Waals surface area contributed by atoms with Crippen molar-refractivity contribution in [3.63, 3.8) is 0 Å². The predicted octanol–water partition coefficient (Wildman–Crippen LogP) is 0.614. The highest BCUT2D eigenvalue weighted by Crippen LogP contribution is 2.25. The maximum absolute atomic E-state index is 5.39. The molecule has 2 aliphatic heterocycles. The maximum atomic E-state index is 5.39. The van der Waals surface area contributed by atoms with Gasteiger partial charge in [-0.2, -0.15) is 0 Å². The van der Waals surface area contributed by atoms with E-state index < -0.39 is 0 Å².